The quantitative estimate of drug-likeness (QED) is 0.00534. The molecule has 5 rings (SSSR count). The Labute approximate surface area is 389 Å². The lowest BCUT2D eigenvalue weighted by molar-refractivity contribution is -0.435. The summed E-state index contributed by atoms with van der Waals surface area (Å²) in [6.07, 6.45) is 0. The van der Waals surface area contributed by atoms with Gasteiger partial charge in [-0.3, -0.25) is 18.7 Å². The van der Waals surface area contributed by atoms with Crippen molar-refractivity contribution in [2.24, 2.45) is 20.5 Å². The number of aliphatic carboxylic acids is 1. The monoisotopic (exact) mass is 1070 g/mol. The molecule has 66 heavy (non-hydrogen) atoms. The zero-order valence-electron chi connectivity index (χ0n) is 31.4. The van der Waals surface area contributed by atoms with Crippen LogP contribution in [0.4, 0.5) is 40.1 Å². The predicted molar refractivity (Wildman–Crippen MR) is 228 cm³/mol. The Balaban J connectivity index is 1.64. The molecule has 1 atom stereocenters. The molecule has 0 aliphatic heterocycles. The van der Waals surface area contributed by atoms with Crippen LogP contribution in [0.2, 0.25) is 5.28 Å². The first-order valence-electron chi connectivity index (χ1n) is 16.3. The normalized spacial score (nSPS) is 13.1. The lowest BCUT2D eigenvalue weighted by atomic mass is 10.1. The minimum Gasteiger partial charge on any atom is -0.505 e. The summed E-state index contributed by atoms with van der Waals surface area (Å²) in [5.74, 6) is -4.94. The van der Waals surface area contributed by atoms with Gasteiger partial charge in [0.2, 0.25) is 11.2 Å². The number of Topliss-reactive ketones (excluding diaryl/α,β-unsaturated/α-hetero) is 1. The maximum atomic E-state index is 12.8. The number of ketones is 1. The number of nitrogens with one attached hydrogen (secondary N) is 1. The maximum Gasteiger partial charge on any atom is 0.313 e. The summed E-state index contributed by atoms with van der Waals surface area (Å²) in [5.41, 5.74) is 2.90. The van der Waals surface area contributed by atoms with Crippen molar-refractivity contribution in [3.8, 4) is 5.75 Å². The van der Waals surface area contributed by atoms with Gasteiger partial charge in [-0.15, -0.1) is 33.5 Å². The van der Waals surface area contributed by atoms with E-state index in [-0.39, 0.29) is 55.0 Å². The molecular weight excluding hydrogens is 1050 g/mol. The smallest absolute Gasteiger partial charge is 0.313 e. The van der Waals surface area contributed by atoms with Crippen LogP contribution < -0.4 is 11.1 Å². The molecule has 0 bridgehead atoms. The Morgan fingerprint density at radius 2 is 1.45 bits per heavy atom. The summed E-state index contributed by atoms with van der Waals surface area (Å²) in [4.78, 5) is 33.1. The van der Waals surface area contributed by atoms with Gasteiger partial charge in [-0.2, -0.15) is 31.8 Å². The van der Waals surface area contributed by atoms with Crippen molar-refractivity contribution in [3.05, 3.63) is 59.4 Å². The lowest BCUT2D eigenvalue weighted by Crippen LogP contribution is -2.17. The molecule has 0 fully saturated rings. The molecule has 0 amide bonds. The van der Waals surface area contributed by atoms with Crippen LogP contribution in [-0.4, -0.2) is 94.3 Å². The van der Waals surface area contributed by atoms with Gasteiger partial charge in [0.15, 0.2) is 25.5 Å². The first kappa shape index (κ1) is 52.0. The van der Waals surface area contributed by atoms with Gasteiger partial charge in [0.05, 0.1) is 50.7 Å². The molecule has 1 heterocycles. The average molecular weight is 1080 g/mol. The molecule has 4 aromatic carbocycles. The van der Waals surface area contributed by atoms with Gasteiger partial charge in [-0.05, 0) is 65.5 Å². The molecule has 0 aliphatic rings. The molecule has 29 nitrogen and oxygen atoms in total. The number of nitrogen functional groups attached to an aromatic ring is 1. The Morgan fingerprint density at radius 1 is 0.803 bits per heavy atom. The van der Waals surface area contributed by atoms with E-state index >= 15 is 0 Å². The predicted octanol–water partition coefficient (Wildman–Crippen LogP) is 6.33. The van der Waals surface area contributed by atoms with E-state index in [0.29, 0.717) is 18.1 Å². The number of hydrogen-bond acceptors (Lipinski definition) is 30. The fraction of sp³-hybridized carbons (Fsp3) is 0.0690. The summed E-state index contributed by atoms with van der Waals surface area (Å²) in [7, 11) is -14.5. The van der Waals surface area contributed by atoms with E-state index < -0.39 is 102 Å². The number of phenols is 1. The van der Waals surface area contributed by atoms with E-state index in [0.717, 1.165) is 36.0 Å². The van der Waals surface area contributed by atoms with Crippen LogP contribution >= 0.6 is 47.4 Å². The SMILES string of the molecule is Nc1c(N=Nc2cc(Nc3nc(Cl)nc(SCC(=O)O)n3)ccc2SOOO)c(S(=O)(=O)O)cc2cc(SOOO)c(N=Nc3ccc(C(=O)CS(=O)(=S)OOO)cc3S(=O)(=O)O)c(O)c12. The second-order valence-corrected chi connectivity index (χ2v) is 20.4. The van der Waals surface area contributed by atoms with Crippen LogP contribution in [0.1, 0.15) is 10.4 Å². The summed E-state index contributed by atoms with van der Waals surface area (Å²) < 4.78 is 95.5. The molecule has 0 radical (unpaired) electrons. The number of carbonyl (C=O) groups excluding carboxylic acids is 1. The van der Waals surface area contributed by atoms with Gasteiger partial charge in [0, 0.05) is 22.4 Å². The van der Waals surface area contributed by atoms with Crippen molar-refractivity contribution in [1.82, 2.24) is 15.0 Å². The third-order valence-electron chi connectivity index (χ3n) is 7.55. The Kier molecular flexibility index (Phi) is 17.5. The van der Waals surface area contributed by atoms with Crippen molar-refractivity contribution in [2.45, 2.75) is 24.7 Å². The van der Waals surface area contributed by atoms with Crippen LogP contribution in [0.15, 0.2) is 93.7 Å². The number of fused-ring (bicyclic) bond motifs is 1. The summed E-state index contributed by atoms with van der Waals surface area (Å²) in [6.45, 7) is 0. The van der Waals surface area contributed by atoms with E-state index in [2.05, 4.69) is 80.0 Å². The summed E-state index contributed by atoms with van der Waals surface area (Å²) >= 11 is 11.7. The number of aromatic nitrogens is 3. The summed E-state index contributed by atoms with van der Waals surface area (Å²) in [5, 5.41) is 74.3. The minimum atomic E-state index is -5.26. The highest BCUT2D eigenvalue weighted by molar-refractivity contribution is 8.30. The van der Waals surface area contributed by atoms with Crippen molar-refractivity contribution in [2.75, 3.05) is 22.6 Å². The third-order valence-corrected chi connectivity index (χ3v) is 13.0. The molecule has 0 saturated heterocycles. The Bertz CT molecular complexity index is 3120. The number of rotatable bonds is 22. The number of phenolic OH excluding ortho intramolecular Hbond substituents is 1. The number of benzene rings is 4. The van der Waals surface area contributed by atoms with Gasteiger partial charge < -0.3 is 21.3 Å². The van der Waals surface area contributed by atoms with Crippen molar-refractivity contribution in [1.29, 1.82) is 0 Å². The molecule has 0 spiro atoms. The largest absolute Gasteiger partial charge is 0.505 e. The van der Waals surface area contributed by atoms with E-state index in [1.165, 1.54) is 18.2 Å². The van der Waals surface area contributed by atoms with Gasteiger partial charge >= 0.3 is 5.97 Å². The van der Waals surface area contributed by atoms with Gasteiger partial charge in [-0.1, -0.05) is 26.9 Å². The molecule has 37 heteroatoms. The number of nitrogens with zero attached hydrogens (tertiary/aromatic N) is 7. The van der Waals surface area contributed by atoms with Crippen LogP contribution in [-0.2, 0) is 73.1 Å². The number of azo groups is 2. The van der Waals surface area contributed by atoms with E-state index in [1.807, 2.05) is 0 Å². The molecule has 352 valence electrons. The molecule has 0 saturated carbocycles. The second-order valence-electron chi connectivity index (χ2n) is 11.8. The van der Waals surface area contributed by atoms with E-state index in [9.17, 15) is 44.8 Å². The van der Waals surface area contributed by atoms with Crippen molar-refractivity contribution < 1.29 is 93.8 Å². The highest BCUT2D eigenvalue weighted by atomic mass is 35.5. The second kappa shape index (κ2) is 22.2. The Hall–Kier alpha value is -4.94. The van der Waals surface area contributed by atoms with Gasteiger partial charge in [0.25, 0.3) is 20.2 Å². The fourth-order valence-electron chi connectivity index (χ4n) is 5.03. The molecule has 10 N–H and O–H groups in total. The lowest BCUT2D eigenvalue weighted by Gasteiger charge is -2.14. The first-order chi connectivity index (χ1) is 31.0. The number of anilines is 3. The fourth-order valence-corrected chi connectivity index (χ4v) is 9.04. The first-order valence-corrected chi connectivity index (χ1v) is 24.6. The van der Waals surface area contributed by atoms with Gasteiger partial charge in [-0.25, -0.2) is 20.0 Å². The number of carbonyl (C=O) groups is 2. The number of halogens is 1. The molecule has 0 aliphatic carbocycles. The zero-order chi connectivity index (χ0) is 48.6. The Morgan fingerprint density at radius 3 is 2.09 bits per heavy atom. The maximum absolute atomic E-state index is 12.8. The molecule has 5 aromatic rings. The summed E-state index contributed by atoms with van der Waals surface area (Å²) in [6, 6.07) is 8.10. The zero-order valence-corrected chi connectivity index (χ0v) is 37.9. The molecule has 1 unspecified atom stereocenters. The van der Waals surface area contributed by atoms with Crippen LogP contribution in [0.25, 0.3) is 10.8 Å². The number of nitrogens with two attached hydrogens (primary N) is 1. The topological polar surface area (TPSA) is 443 Å². The van der Waals surface area contributed by atoms with Crippen LogP contribution in [0, 0.1) is 0 Å². The highest BCUT2D eigenvalue weighted by Gasteiger charge is 2.27. The van der Waals surface area contributed by atoms with Gasteiger partial charge in [0.1, 0.15) is 38.3 Å². The minimum absolute atomic E-state index is 0.0165. The standard InChI is InChI=1S/C29H22ClN9O20S7/c30-27-33-28(35-29(34-27)61-9-21(41)42)32-13-2-4-17(62-57-54-44)15(8-13)37-39-25-20(66(51,52)53)7-12-5-18(63-58-55-45)24(26(43)22(12)23(25)31)38-36-14-3-1-11(6-19(14)65(48,49)50)16(40)10-64(47,60)59-56-46/h1-8,43-46H,9-10,31H2,(H,41,42)(H,48,49,50)(H,51,52,53)(H,32,33,34,35). The van der Waals surface area contributed by atoms with Crippen LogP contribution in [0.5, 0.6) is 5.75 Å². The number of carboxylic acids is 1. The van der Waals surface area contributed by atoms with E-state index in [1.54, 1.807) is 0 Å². The van der Waals surface area contributed by atoms with E-state index in [4.69, 9.17) is 38.2 Å². The third kappa shape index (κ3) is 13.6. The number of carboxylic acid groups (broad SMARTS) is 1. The van der Waals surface area contributed by atoms with Crippen molar-refractivity contribution >= 4 is 150 Å². The average Bonchev–Trinajstić information content (AvgIpc) is 3.22. The number of thioether (sulfide) groups is 1. The molecular formula is C29H22ClN9O20S7. The van der Waals surface area contributed by atoms with Crippen LogP contribution in [0.3, 0.4) is 0 Å². The number of hydrogen-bond donors (Lipinski definition) is 9. The van der Waals surface area contributed by atoms with Crippen molar-refractivity contribution in [3.63, 3.8) is 0 Å². The highest BCUT2D eigenvalue weighted by Crippen LogP contribution is 2.50. The molecule has 1 aromatic heterocycles. The number of aromatic hydroxyl groups is 1.